The number of benzene rings is 1. The Morgan fingerprint density at radius 3 is 2.48 bits per heavy atom. The molecule has 0 atom stereocenters. The fourth-order valence-corrected chi connectivity index (χ4v) is 3.03. The van der Waals surface area contributed by atoms with Gasteiger partial charge in [-0.15, -0.1) is 0 Å². The largest absolute Gasteiger partial charge is 0.338 e. The van der Waals surface area contributed by atoms with E-state index in [4.69, 9.17) is 0 Å². The van der Waals surface area contributed by atoms with Gasteiger partial charge in [-0.25, -0.2) is 9.97 Å². The number of anilines is 1. The lowest BCUT2D eigenvalue weighted by molar-refractivity contribution is 0.257. The molecule has 0 aliphatic carbocycles. The Morgan fingerprint density at radius 1 is 1.04 bits per heavy atom. The topological polar surface area (TPSA) is 44.3 Å². The molecule has 5 heteroatoms. The van der Waals surface area contributed by atoms with Crippen molar-refractivity contribution in [3.8, 4) is 0 Å². The summed E-state index contributed by atoms with van der Waals surface area (Å²) in [6.07, 6.45) is 5.86. The summed E-state index contributed by atoms with van der Waals surface area (Å²) in [4.78, 5) is 13.4. The molecule has 3 rings (SSSR count). The van der Waals surface area contributed by atoms with Crippen molar-refractivity contribution in [2.45, 2.75) is 6.92 Å². The van der Waals surface area contributed by atoms with Gasteiger partial charge >= 0.3 is 0 Å². The van der Waals surface area contributed by atoms with Crippen molar-refractivity contribution >= 4 is 12.0 Å². The van der Waals surface area contributed by atoms with E-state index >= 15 is 0 Å². The highest BCUT2D eigenvalue weighted by Gasteiger charge is 2.17. The van der Waals surface area contributed by atoms with E-state index in [1.807, 2.05) is 18.5 Å². The molecule has 0 saturated carbocycles. The second-order valence-corrected chi connectivity index (χ2v) is 6.46. The van der Waals surface area contributed by atoms with Crippen molar-refractivity contribution in [2.75, 3.05) is 50.7 Å². The molecule has 0 bridgehead atoms. The van der Waals surface area contributed by atoms with Crippen molar-refractivity contribution in [3.05, 3.63) is 59.9 Å². The molecule has 1 N–H and O–H groups in total. The maximum Gasteiger partial charge on any atom is 0.225 e. The number of hydrogen-bond donors (Lipinski definition) is 1. The Hall–Kier alpha value is -2.24. The normalized spacial score (nSPS) is 16.2. The van der Waals surface area contributed by atoms with E-state index < -0.39 is 0 Å². The number of rotatable bonds is 7. The SMILES string of the molecule is C/C(=C/c1ccccc1)CNCCN1CCN(c2ncccn2)CC1. The number of aromatic nitrogens is 2. The van der Waals surface area contributed by atoms with Crippen LogP contribution in [0, 0.1) is 0 Å². The molecule has 1 aliphatic heterocycles. The number of nitrogens with one attached hydrogen (secondary N) is 1. The van der Waals surface area contributed by atoms with E-state index in [9.17, 15) is 0 Å². The Bertz CT molecular complexity index is 648. The molecule has 1 aromatic carbocycles. The summed E-state index contributed by atoms with van der Waals surface area (Å²) in [6, 6.07) is 12.3. The van der Waals surface area contributed by atoms with Gasteiger partial charge in [0, 0.05) is 58.2 Å². The zero-order valence-electron chi connectivity index (χ0n) is 14.9. The minimum absolute atomic E-state index is 0.849. The summed E-state index contributed by atoms with van der Waals surface area (Å²) in [7, 11) is 0. The average Bonchev–Trinajstić information content (AvgIpc) is 2.67. The molecule has 2 aromatic rings. The molecule has 0 unspecified atom stereocenters. The van der Waals surface area contributed by atoms with E-state index in [0.717, 1.165) is 51.8 Å². The molecule has 0 spiro atoms. The van der Waals surface area contributed by atoms with Gasteiger partial charge in [0.1, 0.15) is 0 Å². The smallest absolute Gasteiger partial charge is 0.225 e. The first-order valence-corrected chi connectivity index (χ1v) is 8.98. The van der Waals surface area contributed by atoms with Crippen molar-refractivity contribution < 1.29 is 0 Å². The minimum atomic E-state index is 0.849. The lowest BCUT2D eigenvalue weighted by Crippen LogP contribution is -2.48. The van der Waals surface area contributed by atoms with Crippen LogP contribution in [0.4, 0.5) is 5.95 Å². The molecule has 1 fully saturated rings. The second-order valence-electron chi connectivity index (χ2n) is 6.46. The van der Waals surface area contributed by atoms with E-state index in [1.54, 1.807) is 0 Å². The molecular weight excluding hydrogens is 310 g/mol. The second kappa shape index (κ2) is 9.30. The third-order valence-electron chi connectivity index (χ3n) is 4.43. The molecular formula is C20H27N5. The van der Waals surface area contributed by atoms with E-state index in [2.05, 4.69) is 68.4 Å². The maximum absolute atomic E-state index is 4.33. The van der Waals surface area contributed by atoms with Gasteiger partial charge in [-0.1, -0.05) is 42.0 Å². The monoisotopic (exact) mass is 337 g/mol. The van der Waals surface area contributed by atoms with Crippen LogP contribution in [0.3, 0.4) is 0 Å². The van der Waals surface area contributed by atoms with Crippen molar-refractivity contribution in [1.82, 2.24) is 20.2 Å². The number of hydrogen-bond acceptors (Lipinski definition) is 5. The first kappa shape index (κ1) is 17.6. The van der Waals surface area contributed by atoms with Crippen LogP contribution in [0.1, 0.15) is 12.5 Å². The van der Waals surface area contributed by atoms with Crippen LogP contribution >= 0.6 is 0 Å². The molecule has 5 nitrogen and oxygen atoms in total. The van der Waals surface area contributed by atoms with Crippen molar-refractivity contribution in [2.24, 2.45) is 0 Å². The van der Waals surface area contributed by atoms with Gasteiger partial charge in [0.05, 0.1) is 0 Å². The van der Waals surface area contributed by atoms with Crippen LogP contribution in [0.2, 0.25) is 0 Å². The number of nitrogens with zero attached hydrogens (tertiary/aromatic N) is 4. The summed E-state index contributed by atoms with van der Waals surface area (Å²) >= 11 is 0. The van der Waals surface area contributed by atoms with Crippen LogP contribution in [-0.2, 0) is 0 Å². The standard InChI is InChI=1S/C20H27N5/c1-18(16-19-6-3-2-4-7-19)17-21-10-11-24-12-14-25(15-13-24)20-22-8-5-9-23-20/h2-9,16,21H,10-15,17H2,1H3/b18-16-. The summed E-state index contributed by atoms with van der Waals surface area (Å²) < 4.78 is 0. The average molecular weight is 337 g/mol. The Balaban J connectivity index is 1.33. The van der Waals surface area contributed by atoms with Crippen LogP contribution in [0.5, 0.6) is 0 Å². The third kappa shape index (κ3) is 5.66. The summed E-state index contributed by atoms with van der Waals surface area (Å²) in [5.74, 6) is 0.849. The van der Waals surface area contributed by atoms with Crippen LogP contribution < -0.4 is 10.2 Å². The highest BCUT2D eigenvalue weighted by Crippen LogP contribution is 2.09. The van der Waals surface area contributed by atoms with Gasteiger partial charge in [0.15, 0.2) is 0 Å². The van der Waals surface area contributed by atoms with Crippen LogP contribution in [-0.4, -0.2) is 60.7 Å². The van der Waals surface area contributed by atoms with Crippen LogP contribution in [0.25, 0.3) is 6.08 Å². The van der Waals surface area contributed by atoms with Gasteiger partial charge in [-0.3, -0.25) is 4.90 Å². The zero-order chi connectivity index (χ0) is 17.3. The van der Waals surface area contributed by atoms with E-state index in [-0.39, 0.29) is 0 Å². The summed E-state index contributed by atoms with van der Waals surface area (Å²) in [5.41, 5.74) is 2.62. The fraction of sp³-hybridized carbons (Fsp3) is 0.400. The zero-order valence-corrected chi connectivity index (χ0v) is 14.9. The Morgan fingerprint density at radius 2 is 1.76 bits per heavy atom. The molecule has 1 aliphatic rings. The highest BCUT2D eigenvalue weighted by molar-refractivity contribution is 5.52. The molecule has 25 heavy (non-hydrogen) atoms. The lowest BCUT2D eigenvalue weighted by Gasteiger charge is -2.34. The molecule has 1 saturated heterocycles. The van der Waals surface area contributed by atoms with Gasteiger partial charge in [0.2, 0.25) is 5.95 Å². The Kier molecular flexibility index (Phi) is 6.54. The molecule has 0 radical (unpaired) electrons. The lowest BCUT2D eigenvalue weighted by atomic mass is 10.1. The van der Waals surface area contributed by atoms with Gasteiger partial charge < -0.3 is 10.2 Å². The van der Waals surface area contributed by atoms with Crippen molar-refractivity contribution in [3.63, 3.8) is 0 Å². The van der Waals surface area contributed by atoms with Gasteiger partial charge in [-0.2, -0.15) is 0 Å². The molecule has 0 amide bonds. The summed E-state index contributed by atoms with van der Waals surface area (Å²) in [6.45, 7) is 9.35. The van der Waals surface area contributed by atoms with E-state index in [0.29, 0.717) is 0 Å². The quantitative estimate of drug-likeness (QED) is 0.786. The summed E-state index contributed by atoms with van der Waals surface area (Å²) in [5, 5.41) is 3.55. The molecule has 132 valence electrons. The number of piperazine rings is 1. The first-order chi connectivity index (χ1) is 12.3. The fourth-order valence-electron chi connectivity index (χ4n) is 3.03. The van der Waals surface area contributed by atoms with Gasteiger partial charge in [-0.05, 0) is 18.6 Å². The molecule has 1 aromatic heterocycles. The third-order valence-corrected chi connectivity index (χ3v) is 4.43. The van der Waals surface area contributed by atoms with Crippen molar-refractivity contribution in [1.29, 1.82) is 0 Å². The maximum atomic E-state index is 4.33. The Labute approximate surface area is 150 Å². The molecule has 2 heterocycles. The predicted molar refractivity (Wildman–Crippen MR) is 104 cm³/mol. The first-order valence-electron chi connectivity index (χ1n) is 8.98. The van der Waals surface area contributed by atoms with E-state index in [1.165, 1.54) is 11.1 Å². The minimum Gasteiger partial charge on any atom is -0.338 e. The predicted octanol–water partition coefficient (Wildman–Crippen LogP) is 2.29. The van der Waals surface area contributed by atoms with Gasteiger partial charge in [0.25, 0.3) is 0 Å². The highest BCUT2D eigenvalue weighted by atomic mass is 15.3. The van der Waals surface area contributed by atoms with Crippen LogP contribution in [0.15, 0.2) is 54.4 Å².